The van der Waals surface area contributed by atoms with Gasteiger partial charge >= 0.3 is 5.97 Å². The number of aromatic carboxylic acids is 1. The fraction of sp³-hybridized carbons (Fsp3) is 0.0588. The van der Waals surface area contributed by atoms with Gasteiger partial charge in [0.1, 0.15) is 17.5 Å². The van der Waals surface area contributed by atoms with Gasteiger partial charge in [-0.3, -0.25) is 0 Å². The largest absolute Gasteiger partial charge is 0.478 e. The van der Waals surface area contributed by atoms with Crippen molar-refractivity contribution in [1.29, 1.82) is 0 Å². The zero-order valence-electron chi connectivity index (χ0n) is 11.9. The third kappa shape index (κ3) is 3.11. The van der Waals surface area contributed by atoms with E-state index < -0.39 is 17.6 Å². The lowest BCUT2D eigenvalue weighted by atomic mass is 10.1. The van der Waals surface area contributed by atoms with Crippen molar-refractivity contribution in [2.45, 2.75) is 6.54 Å². The molecule has 1 heterocycles. The van der Waals surface area contributed by atoms with Crippen LogP contribution in [0.4, 0.5) is 8.78 Å². The molecule has 0 spiro atoms. The van der Waals surface area contributed by atoms with Gasteiger partial charge in [0.25, 0.3) is 0 Å². The molecule has 0 unspecified atom stereocenters. The van der Waals surface area contributed by atoms with Crippen LogP contribution in [0.5, 0.6) is 0 Å². The second-order valence-electron chi connectivity index (χ2n) is 5.00. The van der Waals surface area contributed by atoms with Gasteiger partial charge < -0.3 is 9.67 Å². The summed E-state index contributed by atoms with van der Waals surface area (Å²) in [5, 5.41) is 9.23. The molecule has 23 heavy (non-hydrogen) atoms. The fourth-order valence-corrected chi connectivity index (χ4v) is 2.43. The van der Waals surface area contributed by atoms with Crippen LogP contribution in [-0.2, 0) is 6.54 Å². The van der Waals surface area contributed by atoms with Crippen LogP contribution in [0, 0.1) is 11.6 Å². The highest BCUT2D eigenvalue weighted by molar-refractivity contribution is 5.89. The first kappa shape index (κ1) is 14.9. The minimum atomic E-state index is -1.03. The van der Waals surface area contributed by atoms with Crippen molar-refractivity contribution in [3.8, 4) is 11.4 Å². The molecule has 4 nitrogen and oxygen atoms in total. The molecule has 0 aliphatic rings. The van der Waals surface area contributed by atoms with Crippen LogP contribution in [-0.4, -0.2) is 20.6 Å². The number of hydrogen-bond acceptors (Lipinski definition) is 2. The summed E-state index contributed by atoms with van der Waals surface area (Å²) in [5.74, 6) is -2.05. The van der Waals surface area contributed by atoms with Gasteiger partial charge in [0, 0.05) is 30.6 Å². The number of benzene rings is 2. The van der Waals surface area contributed by atoms with Gasteiger partial charge in [-0.05, 0) is 23.8 Å². The number of aromatic nitrogens is 2. The smallest absolute Gasteiger partial charge is 0.336 e. The Morgan fingerprint density at radius 1 is 1.13 bits per heavy atom. The highest BCUT2D eigenvalue weighted by Gasteiger charge is 2.13. The second-order valence-corrected chi connectivity index (χ2v) is 5.00. The summed E-state index contributed by atoms with van der Waals surface area (Å²) in [4.78, 5) is 15.4. The lowest BCUT2D eigenvalue weighted by molar-refractivity contribution is 0.0695. The fourth-order valence-electron chi connectivity index (χ4n) is 2.43. The molecule has 3 rings (SSSR count). The van der Waals surface area contributed by atoms with E-state index in [0.29, 0.717) is 17.0 Å². The zero-order valence-corrected chi connectivity index (χ0v) is 11.9. The van der Waals surface area contributed by atoms with Crippen LogP contribution >= 0.6 is 0 Å². The van der Waals surface area contributed by atoms with Gasteiger partial charge in [0.15, 0.2) is 0 Å². The van der Waals surface area contributed by atoms with E-state index in [4.69, 9.17) is 0 Å². The van der Waals surface area contributed by atoms with Crippen molar-refractivity contribution in [1.82, 2.24) is 9.55 Å². The molecule has 1 N–H and O–H groups in total. The normalized spacial score (nSPS) is 10.7. The third-order valence-electron chi connectivity index (χ3n) is 3.42. The van der Waals surface area contributed by atoms with E-state index in [-0.39, 0.29) is 12.1 Å². The molecule has 116 valence electrons. The lowest BCUT2D eigenvalue weighted by Crippen LogP contribution is -2.07. The molecule has 2 aromatic carbocycles. The maximum atomic E-state index is 13.4. The standard InChI is InChI=1S/C17H12F2N2O2/c18-13-7-12(8-14(19)9-13)16-20-5-6-21(16)10-11-3-1-2-4-15(11)17(22)23/h1-9H,10H2,(H,22,23). The molecule has 0 saturated heterocycles. The van der Waals surface area contributed by atoms with Gasteiger partial charge in [0.05, 0.1) is 5.56 Å². The number of carbonyl (C=O) groups is 1. The van der Waals surface area contributed by atoms with Crippen LogP contribution in [0.3, 0.4) is 0 Å². The first-order chi connectivity index (χ1) is 11.0. The van der Waals surface area contributed by atoms with E-state index in [1.165, 1.54) is 24.4 Å². The first-order valence-corrected chi connectivity index (χ1v) is 6.83. The minimum Gasteiger partial charge on any atom is -0.478 e. The quantitative estimate of drug-likeness (QED) is 0.801. The van der Waals surface area contributed by atoms with Crippen molar-refractivity contribution in [2.24, 2.45) is 0 Å². The van der Waals surface area contributed by atoms with Gasteiger partial charge in [-0.2, -0.15) is 0 Å². The molecular formula is C17H12F2N2O2. The molecule has 0 aliphatic heterocycles. The Labute approximate surface area is 130 Å². The number of halogens is 2. The van der Waals surface area contributed by atoms with E-state index in [1.54, 1.807) is 29.0 Å². The number of nitrogens with zero attached hydrogens (tertiary/aromatic N) is 2. The third-order valence-corrected chi connectivity index (χ3v) is 3.42. The molecule has 0 radical (unpaired) electrons. The Kier molecular flexibility index (Phi) is 3.89. The molecule has 0 saturated carbocycles. The van der Waals surface area contributed by atoms with Gasteiger partial charge in [-0.25, -0.2) is 18.6 Å². The van der Waals surface area contributed by atoms with Gasteiger partial charge in [-0.1, -0.05) is 18.2 Å². The van der Waals surface area contributed by atoms with Crippen molar-refractivity contribution in [3.63, 3.8) is 0 Å². The van der Waals surface area contributed by atoms with E-state index >= 15 is 0 Å². The summed E-state index contributed by atoms with van der Waals surface area (Å²) >= 11 is 0. The number of carboxylic acid groups (broad SMARTS) is 1. The Bertz CT molecular complexity index is 854. The van der Waals surface area contributed by atoms with Crippen LogP contribution < -0.4 is 0 Å². The molecule has 0 bridgehead atoms. The van der Waals surface area contributed by atoms with E-state index in [2.05, 4.69) is 4.98 Å². The highest BCUT2D eigenvalue weighted by atomic mass is 19.1. The highest BCUT2D eigenvalue weighted by Crippen LogP contribution is 2.22. The van der Waals surface area contributed by atoms with Crippen molar-refractivity contribution < 1.29 is 18.7 Å². The predicted octanol–water partition coefficient (Wildman–Crippen LogP) is 3.57. The van der Waals surface area contributed by atoms with Crippen LogP contribution in [0.2, 0.25) is 0 Å². The van der Waals surface area contributed by atoms with Crippen molar-refractivity contribution in [3.05, 3.63) is 77.6 Å². The van der Waals surface area contributed by atoms with Crippen molar-refractivity contribution >= 4 is 5.97 Å². The number of carboxylic acids is 1. The molecule has 0 aliphatic carbocycles. The maximum absolute atomic E-state index is 13.4. The average molecular weight is 314 g/mol. The Hall–Kier alpha value is -3.02. The second kappa shape index (κ2) is 6.00. The number of imidazole rings is 1. The minimum absolute atomic E-state index is 0.178. The SMILES string of the molecule is O=C(O)c1ccccc1Cn1ccnc1-c1cc(F)cc(F)c1. The maximum Gasteiger partial charge on any atom is 0.336 e. The molecular weight excluding hydrogens is 302 g/mol. The van der Waals surface area contributed by atoms with E-state index in [1.807, 2.05) is 0 Å². The molecule has 1 aromatic heterocycles. The Morgan fingerprint density at radius 2 is 1.83 bits per heavy atom. The van der Waals surface area contributed by atoms with E-state index in [9.17, 15) is 18.7 Å². The van der Waals surface area contributed by atoms with E-state index in [0.717, 1.165) is 6.07 Å². The number of rotatable bonds is 4. The summed E-state index contributed by atoms with van der Waals surface area (Å²) in [6.07, 6.45) is 3.14. The topological polar surface area (TPSA) is 55.1 Å². The van der Waals surface area contributed by atoms with Crippen LogP contribution in [0.1, 0.15) is 15.9 Å². The summed E-state index contributed by atoms with van der Waals surface area (Å²) < 4.78 is 28.4. The summed E-state index contributed by atoms with van der Waals surface area (Å²) in [6, 6.07) is 9.74. The zero-order chi connectivity index (χ0) is 16.4. The van der Waals surface area contributed by atoms with Crippen molar-refractivity contribution in [2.75, 3.05) is 0 Å². The summed E-state index contributed by atoms with van der Waals surface area (Å²) in [5.41, 5.74) is 1.05. The monoisotopic (exact) mass is 314 g/mol. The molecule has 0 amide bonds. The molecule has 6 heteroatoms. The van der Waals surface area contributed by atoms with Gasteiger partial charge in [0.2, 0.25) is 0 Å². The Morgan fingerprint density at radius 3 is 2.52 bits per heavy atom. The van der Waals surface area contributed by atoms with Crippen LogP contribution in [0.25, 0.3) is 11.4 Å². The predicted molar refractivity (Wildman–Crippen MR) is 80.1 cm³/mol. The molecule has 0 fully saturated rings. The first-order valence-electron chi connectivity index (χ1n) is 6.83. The van der Waals surface area contributed by atoms with Crippen LogP contribution in [0.15, 0.2) is 54.9 Å². The molecule has 3 aromatic rings. The van der Waals surface area contributed by atoms with Gasteiger partial charge in [-0.15, -0.1) is 0 Å². The summed E-state index contributed by atoms with van der Waals surface area (Å²) in [7, 11) is 0. The average Bonchev–Trinajstić information content (AvgIpc) is 2.95. The lowest BCUT2D eigenvalue weighted by Gasteiger charge is -2.10. The Balaban J connectivity index is 2.01. The summed E-state index contributed by atoms with van der Waals surface area (Å²) in [6.45, 7) is 0.232. The number of hydrogen-bond donors (Lipinski definition) is 1. The molecule has 0 atom stereocenters.